The Morgan fingerprint density at radius 2 is 1.97 bits per heavy atom. The van der Waals surface area contributed by atoms with Gasteiger partial charge in [0.25, 0.3) is 11.8 Å². The summed E-state index contributed by atoms with van der Waals surface area (Å²) in [5.41, 5.74) is 1.77. The number of amides is 4. The predicted molar refractivity (Wildman–Crippen MR) is 103 cm³/mol. The van der Waals surface area contributed by atoms with Crippen LogP contribution in [-0.4, -0.2) is 52.7 Å². The van der Waals surface area contributed by atoms with Gasteiger partial charge in [0.15, 0.2) is 0 Å². The Labute approximate surface area is 168 Å². The van der Waals surface area contributed by atoms with E-state index in [0.29, 0.717) is 29.3 Å². The molecular weight excluding hydrogens is 372 g/mol. The van der Waals surface area contributed by atoms with Gasteiger partial charge in [-0.15, -0.1) is 0 Å². The van der Waals surface area contributed by atoms with Gasteiger partial charge in [-0.3, -0.25) is 29.4 Å². The summed E-state index contributed by atoms with van der Waals surface area (Å²) in [5.74, 6) is -1.87. The Kier molecular flexibility index (Phi) is 4.29. The van der Waals surface area contributed by atoms with Crippen molar-refractivity contribution in [3.8, 4) is 0 Å². The highest BCUT2D eigenvalue weighted by atomic mass is 16.2. The summed E-state index contributed by atoms with van der Waals surface area (Å²) in [6.45, 7) is 1.40. The molecule has 3 fully saturated rings. The molecule has 2 unspecified atom stereocenters. The van der Waals surface area contributed by atoms with Gasteiger partial charge in [0.1, 0.15) is 6.04 Å². The fourth-order valence-corrected chi connectivity index (χ4v) is 5.07. The molecule has 0 radical (unpaired) electrons. The van der Waals surface area contributed by atoms with Gasteiger partial charge in [-0.2, -0.15) is 0 Å². The third-order valence-electron chi connectivity index (χ3n) is 6.81. The molecule has 152 valence electrons. The van der Waals surface area contributed by atoms with E-state index in [9.17, 15) is 19.2 Å². The molecule has 3 aliphatic heterocycles. The first-order valence-electron chi connectivity index (χ1n) is 10.3. The van der Waals surface area contributed by atoms with Crippen molar-refractivity contribution < 1.29 is 19.2 Å². The first-order valence-corrected chi connectivity index (χ1v) is 10.3. The average Bonchev–Trinajstić information content (AvgIpc) is 3.22. The van der Waals surface area contributed by atoms with E-state index in [-0.39, 0.29) is 18.7 Å². The Bertz CT molecular complexity index is 923. The van der Waals surface area contributed by atoms with Crippen LogP contribution in [0.4, 0.5) is 0 Å². The molecule has 4 amide bonds. The van der Waals surface area contributed by atoms with Gasteiger partial charge in [-0.1, -0.05) is 12.1 Å². The largest absolute Gasteiger partial charge is 0.310 e. The molecule has 5 rings (SSSR count). The van der Waals surface area contributed by atoms with Gasteiger partial charge in [0, 0.05) is 31.1 Å². The maximum atomic E-state index is 13.1. The second-order valence-corrected chi connectivity index (χ2v) is 8.58. The lowest BCUT2D eigenvalue weighted by Gasteiger charge is -2.38. The second-order valence-electron chi connectivity index (χ2n) is 8.58. The van der Waals surface area contributed by atoms with Crippen molar-refractivity contribution in [2.24, 2.45) is 0 Å². The monoisotopic (exact) mass is 396 g/mol. The van der Waals surface area contributed by atoms with E-state index in [4.69, 9.17) is 0 Å². The zero-order valence-corrected chi connectivity index (χ0v) is 16.1. The lowest BCUT2D eigenvalue weighted by Crippen LogP contribution is -2.54. The molecule has 2 saturated heterocycles. The summed E-state index contributed by atoms with van der Waals surface area (Å²) in [4.78, 5) is 50.7. The SMILES string of the molecule is O=C1CCC(N2C(=O)c3cccc(CNC4CNC5(CCC5)C4)c3C2=O)C(=O)N1. The van der Waals surface area contributed by atoms with Crippen molar-refractivity contribution in [2.45, 2.75) is 62.7 Å². The smallest absolute Gasteiger partial charge is 0.262 e. The first-order chi connectivity index (χ1) is 14.0. The summed E-state index contributed by atoms with van der Waals surface area (Å²) in [5, 5.41) is 9.37. The molecule has 1 aromatic carbocycles. The highest BCUT2D eigenvalue weighted by Crippen LogP contribution is 2.39. The zero-order valence-electron chi connectivity index (χ0n) is 16.1. The van der Waals surface area contributed by atoms with Crippen LogP contribution in [0.3, 0.4) is 0 Å². The van der Waals surface area contributed by atoms with Crippen LogP contribution in [0.15, 0.2) is 18.2 Å². The third kappa shape index (κ3) is 2.98. The van der Waals surface area contributed by atoms with Crippen LogP contribution in [0.2, 0.25) is 0 Å². The van der Waals surface area contributed by atoms with Crippen LogP contribution in [0.25, 0.3) is 0 Å². The number of nitrogens with one attached hydrogen (secondary N) is 3. The summed E-state index contributed by atoms with van der Waals surface area (Å²) in [7, 11) is 0. The number of carbonyl (C=O) groups is 4. The minimum atomic E-state index is -0.932. The van der Waals surface area contributed by atoms with Gasteiger partial charge >= 0.3 is 0 Å². The highest BCUT2D eigenvalue weighted by molar-refractivity contribution is 6.24. The highest BCUT2D eigenvalue weighted by Gasteiger charge is 2.46. The lowest BCUT2D eigenvalue weighted by molar-refractivity contribution is -0.136. The van der Waals surface area contributed by atoms with Crippen LogP contribution >= 0.6 is 0 Å². The van der Waals surface area contributed by atoms with Crippen molar-refractivity contribution in [1.82, 2.24) is 20.9 Å². The van der Waals surface area contributed by atoms with Crippen LogP contribution < -0.4 is 16.0 Å². The van der Waals surface area contributed by atoms with Crippen LogP contribution in [0.1, 0.15) is 64.8 Å². The normalized spacial score (nSPS) is 27.9. The second kappa shape index (κ2) is 6.74. The molecule has 4 aliphatic rings. The first kappa shape index (κ1) is 18.4. The molecule has 3 N–H and O–H groups in total. The van der Waals surface area contributed by atoms with E-state index < -0.39 is 23.8 Å². The van der Waals surface area contributed by atoms with Crippen molar-refractivity contribution >= 4 is 23.6 Å². The molecule has 1 aliphatic carbocycles. The molecule has 8 heteroatoms. The minimum Gasteiger partial charge on any atom is -0.310 e. The van der Waals surface area contributed by atoms with E-state index in [1.807, 2.05) is 6.07 Å². The molecule has 2 atom stereocenters. The molecule has 0 aromatic heterocycles. The van der Waals surface area contributed by atoms with Gasteiger partial charge < -0.3 is 10.6 Å². The van der Waals surface area contributed by atoms with E-state index in [1.54, 1.807) is 12.1 Å². The summed E-state index contributed by atoms with van der Waals surface area (Å²) in [6.07, 6.45) is 5.09. The predicted octanol–water partition coefficient (Wildman–Crippen LogP) is 0.462. The number of rotatable bonds is 4. The molecule has 1 spiro atoms. The van der Waals surface area contributed by atoms with Crippen LogP contribution in [-0.2, 0) is 16.1 Å². The van der Waals surface area contributed by atoms with E-state index in [0.717, 1.165) is 23.4 Å². The topological polar surface area (TPSA) is 108 Å². The van der Waals surface area contributed by atoms with Crippen molar-refractivity contribution in [2.75, 3.05) is 6.54 Å². The Morgan fingerprint density at radius 1 is 1.14 bits per heavy atom. The molecule has 1 saturated carbocycles. The average molecular weight is 396 g/mol. The van der Waals surface area contributed by atoms with Gasteiger partial charge in [0.2, 0.25) is 11.8 Å². The van der Waals surface area contributed by atoms with Crippen LogP contribution in [0.5, 0.6) is 0 Å². The number of imide groups is 2. The van der Waals surface area contributed by atoms with Gasteiger partial charge in [0.05, 0.1) is 11.1 Å². The molecular formula is C21H24N4O4. The molecule has 1 aromatic rings. The quantitative estimate of drug-likeness (QED) is 0.639. The Balaban J connectivity index is 1.33. The number of fused-ring (bicyclic) bond motifs is 1. The minimum absolute atomic E-state index is 0.120. The number of nitrogens with zero attached hydrogens (tertiary/aromatic N) is 1. The number of hydrogen-bond donors (Lipinski definition) is 3. The number of carbonyl (C=O) groups excluding carboxylic acids is 4. The van der Waals surface area contributed by atoms with Gasteiger partial charge in [-0.05, 0) is 43.7 Å². The Hall–Kier alpha value is -2.58. The molecule has 29 heavy (non-hydrogen) atoms. The van der Waals surface area contributed by atoms with Crippen molar-refractivity contribution in [3.63, 3.8) is 0 Å². The van der Waals surface area contributed by atoms with E-state index in [1.165, 1.54) is 19.3 Å². The third-order valence-corrected chi connectivity index (χ3v) is 6.81. The lowest BCUT2D eigenvalue weighted by atomic mass is 9.75. The fourth-order valence-electron chi connectivity index (χ4n) is 5.07. The summed E-state index contributed by atoms with van der Waals surface area (Å²) < 4.78 is 0. The number of hydrogen-bond acceptors (Lipinski definition) is 6. The molecule has 3 heterocycles. The van der Waals surface area contributed by atoms with Crippen LogP contribution in [0, 0.1) is 0 Å². The number of benzene rings is 1. The van der Waals surface area contributed by atoms with Crippen molar-refractivity contribution in [3.05, 3.63) is 34.9 Å². The maximum absolute atomic E-state index is 13.1. The van der Waals surface area contributed by atoms with E-state index >= 15 is 0 Å². The van der Waals surface area contributed by atoms with Crippen molar-refractivity contribution in [1.29, 1.82) is 0 Å². The molecule has 8 nitrogen and oxygen atoms in total. The standard InChI is InChI=1S/C21H24N4O4/c26-16-6-5-15(18(27)24-16)25-19(28)14-4-1-3-12(17(14)20(25)29)10-22-13-9-21(23-11-13)7-2-8-21/h1,3-4,13,15,22-23H,2,5-11H2,(H,24,26,27). The zero-order chi connectivity index (χ0) is 20.2. The Morgan fingerprint density at radius 3 is 2.66 bits per heavy atom. The fraction of sp³-hybridized carbons (Fsp3) is 0.524. The molecule has 0 bridgehead atoms. The van der Waals surface area contributed by atoms with E-state index in [2.05, 4.69) is 16.0 Å². The van der Waals surface area contributed by atoms with Gasteiger partial charge in [-0.25, -0.2) is 0 Å². The summed E-state index contributed by atoms with van der Waals surface area (Å²) >= 11 is 0. The summed E-state index contributed by atoms with van der Waals surface area (Å²) in [6, 6.07) is 4.66. The maximum Gasteiger partial charge on any atom is 0.262 e. The number of piperidine rings is 1.